The highest BCUT2D eigenvalue weighted by Gasteiger charge is 2.54. The smallest absolute Gasteiger partial charge is 0.410 e. The minimum atomic E-state index is -1.57. The average Bonchev–Trinajstić information content (AvgIpc) is 3.22. The molecule has 2 saturated heterocycles. The van der Waals surface area contributed by atoms with Crippen LogP contribution in [0.25, 0.3) is 0 Å². The van der Waals surface area contributed by atoms with Crippen LogP contribution in [0.4, 0.5) is 9.18 Å². The first kappa shape index (κ1) is 18.1. The predicted octanol–water partition coefficient (Wildman–Crippen LogP) is 3.66. The van der Waals surface area contributed by atoms with E-state index in [1.807, 2.05) is 9.80 Å². The van der Waals surface area contributed by atoms with Gasteiger partial charge in [0.1, 0.15) is 6.10 Å². The first-order valence-electron chi connectivity index (χ1n) is 10.5. The molecule has 0 radical (unpaired) electrons. The van der Waals surface area contributed by atoms with Crippen molar-refractivity contribution >= 4 is 12.0 Å². The van der Waals surface area contributed by atoms with Crippen LogP contribution < -0.4 is 0 Å². The van der Waals surface area contributed by atoms with Crippen molar-refractivity contribution in [2.24, 2.45) is 5.92 Å². The summed E-state index contributed by atoms with van der Waals surface area (Å²) >= 11 is 0. The van der Waals surface area contributed by atoms with Crippen LogP contribution in [0.15, 0.2) is 0 Å². The van der Waals surface area contributed by atoms with Crippen molar-refractivity contribution in [3.63, 3.8) is 0 Å². The quantitative estimate of drug-likeness (QED) is 0.766. The van der Waals surface area contributed by atoms with Crippen LogP contribution in [-0.4, -0.2) is 59.2 Å². The molecule has 6 heteroatoms. The molecule has 0 aromatic rings. The summed E-state index contributed by atoms with van der Waals surface area (Å²) in [6.07, 6.45) is 9.82. The maximum absolute atomic E-state index is 14.3. The van der Waals surface area contributed by atoms with Gasteiger partial charge in [0.25, 0.3) is 5.91 Å². The van der Waals surface area contributed by atoms with Gasteiger partial charge in [0.15, 0.2) is 5.67 Å². The Kier molecular flexibility index (Phi) is 5.11. The number of hydrogen-bond acceptors (Lipinski definition) is 3. The number of carbonyl (C=O) groups is 2. The molecule has 0 spiro atoms. The van der Waals surface area contributed by atoms with E-state index >= 15 is 0 Å². The number of nitrogens with zero attached hydrogens (tertiary/aromatic N) is 2. The summed E-state index contributed by atoms with van der Waals surface area (Å²) in [6.45, 7) is 2.07. The predicted molar refractivity (Wildman–Crippen MR) is 95.5 cm³/mol. The number of hydrogen-bond donors (Lipinski definition) is 0. The van der Waals surface area contributed by atoms with E-state index in [-0.39, 0.29) is 24.1 Å². The van der Waals surface area contributed by atoms with Crippen LogP contribution in [0.2, 0.25) is 0 Å². The highest BCUT2D eigenvalue weighted by atomic mass is 19.1. The standard InChI is InChI=1S/C20H31FN2O3/c21-20(10-11-20)18(24)23-12-4-3-7-17(23)15-8-13-22(14-9-15)19(25)26-16-5-1-2-6-16/h15-17H,1-14H2. The molecule has 4 rings (SSSR count). The molecule has 2 aliphatic carbocycles. The van der Waals surface area contributed by atoms with Crippen molar-refractivity contribution in [3.8, 4) is 0 Å². The number of ether oxygens (including phenoxy) is 1. The molecular formula is C20H31FN2O3. The molecule has 0 aromatic carbocycles. The third kappa shape index (κ3) is 3.70. The number of likely N-dealkylation sites (tertiary alicyclic amines) is 2. The Hall–Kier alpha value is -1.33. The van der Waals surface area contributed by atoms with Crippen LogP contribution in [0.1, 0.15) is 70.6 Å². The molecule has 146 valence electrons. The summed E-state index contributed by atoms with van der Waals surface area (Å²) in [6, 6.07) is 0.150. The Morgan fingerprint density at radius 2 is 1.54 bits per heavy atom. The minimum Gasteiger partial charge on any atom is -0.446 e. The molecule has 2 aliphatic heterocycles. The van der Waals surface area contributed by atoms with Gasteiger partial charge in [-0.1, -0.05) is 0 Å². The normalized spacial score (nSPS) is 29.7. The van der Waals surface area contributed by atoms with Crippen LogP contribution in [0, 0.1) is 5.92 Å². The van der Waals surface area contributed by atoms with Crippen molar-refractivity contribution in [2.45, 2.75) is 88.4 Å². The van der Waals surface area contributed by atoms with Gasteiger partial charge in [-0.15, -0.1) is 0 Å². The van der Waals surface area contributed by atoms with Gasteiger partial charge in [-0.2, -0.15) is 0 Å². The zero-order valence-corrected chi connectivity index (χ0v) is 15.6. The van der Waals surface area contributed by atoms with E-state index in [1.165, 1.54) is 0 Å². The van der Waals surface area contributed by atoms with E-state index in [0.29, 0.717) is 38.4 Å². The summed E-state index contributed by atoms with van der Waals surface area (Å²) in [5.74, 6) is 0.0994. The van der Waals surface area contributed by atoms with E-state index in [9.17, 15) is 14.0 Å². The van der Waals surface area contributed by atoms with Gasteiger partial charge in [-0.25, -0.2) is 9.18 Å². The third-order valence-electron chi connectivity index (χ3n) is 6.79. The number of carbonyl (C=O) groups excluding carboxylic acids is 2. The molecule has 1 atom stereocenters. The SMILES string of the molecule is O=C(OC1CCCC1)N1CCC(C2CCCCN2C(=O)C2(F)CC2)CC1. The Balaban J connectivity index is 1.31. The lowest BCUT2D eigenvalue weighted by Crippen LogP contribution is -2.53. The Morgan fingerprint density at radius 3 is 2.19 bits per heavy atom. The molecule has 0 aromatic heterocycles. The lowest BCUT2D eigenvalue weighted by atomic mass is 9.83. The summed E-state index contributed by atoms with van der Waals surface area (Å²) < 4.78 is 19.9. The Labute approximate surface area is 155 Å². The second-order valence-electron chi connectivity index (χ2n) is 8.64. The van der Waals surface area contributed by atoms with Gasteiger partial charge in [0.2, 0.25) is 0 Å². The van der Waals surface area contributed by atoms with Crippen molar-refractivity contribution in [3.05, 3.63) is 0 Å². The Morgan fingerprint density at radius 1 is 0.885 bits per heavy atom. The highest BCUT2D eigenvalue weighted by molar-refractivity contribution is 5.88. The summed E-state index contributed by atoms with van der Waals surface area (Å²) in [7, 11) is 0. The van der Waals surface area contributed by atoms with Crippen molar-refractivity contribution in [1.29, 1.82) is 0 Å². The topological polar surface area (TPSA) is 49.9 Å². The Bertz CT molecular complexity index is 537. The molecule has 0 N–H and O–H groups in total. The molecule has 1 unspecified atom stereocenters. The molecule has 2 heterocycles. The van der Waals surface area contributed by atoms with E-state index in [1.54, 1.807) is 0 Å². The van der Waals surface area contributed by atoms with Crippen LogP contribution in [0.5, 0.6) is 0 Å². The van der Waals surface area contributed by atoms with Gasteiger partial charge in [-0.3, -0.25) is 4.79 Å². The van der Waals surface area contributed by atoms with Crippen molar-refractivity contribution < 1.29 is 18.7 Å². The number of halogens is 1. The minimum absolute atomic E-state index is 0.103. The lowest BCUT2D eigenvalue weighted by Gasteiger charge is -2.44. The van der Waals surface area contributed by atoms with E-state index in [2.05, 4.69) is 0 Å². The third-order valence-corrected chi connectivity index (χ3v) is 6.79. The zero-order chi connectivity index (χ0) is 18.1. The second kappa shape index (κ2) is 7.35. The molecule has 0 bridgehead atoms. The maximum Gasteiger partial charge on any atom is 0.410 e. The highest BCUT2D eigenvalue weighted by Crippen LogP contribution is 2.43. The van der Waals surface area contributed by atoms with E-state index in [4.69, 9.17) is 4.74 Å². The molecule has 2 amide bonds. The second-order valence-corrected chi connectivity index (χ2v) is 8.64. The van der Waals surface area contributed by atoms with E-state index < -0.39 is 5.67 Å². The lowest BCUT2D eigenvalue weighted by molar-refractivity contribution is -0.144. The number of piperidine rings is 2. The van der Waals surface area contributed by atoms with Gasteiger partial charge in [-0.05, 0) is 76.5 Å². The summed E-state index contributed by atoms with van der Waals surface area (Å²) in [4.78, 5) is 28.6. The van der Waals surface area contributed by atoms with Crippen molar-refractivity contribution in [1.82, 2.24) is 9.80 Å². The van der Waals surface area contributed by atoms with Crippen molar-refractivity contribution in [2.75, 3.05) is 19.6 Å². The van der Waals surface area contributed by atoms with Crippen LogP contribution in [0.3, 0.4) is 0 Å². The largest absolute Gasteiger partial charge is 0.446 e. The number of alkyl halides is 1. The van der Waals surface area contributed by atoms with E-state index in [0.717, 1.165) is 57.8 Å². The fraction of sp³-hybridized carbons (Fsp3) is 0.900. The number of rotatable bonds is 3. The number of amides is 2. The van der Waals surface area contributed by atoms with Gasteiger partial charge < -0.3 is 14.5 Å². The molecule has 2 saturated carbocycles. The molecule has 5 nitrogen and oxygen atoms in total. The van der Waals surface area contributed by atoms with Gasteiger partial charge in [0.05, 0.1) is 0 Å². The first-order valence-corrected chi connectivity index (χ1v) is 10.5. The van der Waals surface area contributed by atoms with Crippen LogP contribution >= 0.6 is 0 Å². The molecular weight excluding hydrogens is 335 g/mol. The fourth-order valence-corrected chi connectivity index (χ4v) is 4.97. The molecule has 4 fully saturated rings. The average molecular weight is 366 g/mol. The van der Waals surface area contributed by atoms with Crippen LogP contribution in [-0.2, 0) is 9.53 Å². The zero-order valence-electron chi connectivity index (χ0n) is 15.6. The summed E-state index contributed by atoms with van der Waals surface area (Å²) in [5, 5.41) is 0. The fourth-order valence-electron chi connectivity index (χ4n) is 4.97. The molecule has 4 aliphatic rings. The van der Waals surface area contributed by atoms with Gasteiger partial charge in [0, 0.05) is 25.7 Å². The summed E-state index contributed by atoms with van der Waals surface area (Å²) in [5.41, 5.74) is -1.57. The first-order chi connectivity index (χ1) is 12.6. The van der Waals surface area contributed by atoms with Gasteiger partial charge >= 0.3 is 6.09 Å². The monoisotopic (exact) mass is 366 g/mol. The molecule has 26 heavy (non-hydrogen) atoms. The maximum atomic E-state index is 14.3.